The molecule has 1 aromatic rings. The van der Waals surface area contributed by atoms with Crippen LogP contribution in [0.15, 0.2) is 24.5 Å². The normalized spacial score (nSPS) is 21.2. The van der Waals surface area contributed by atoms with Gasteiger partial charge in [0.05, 0.1) is 0 Å². The van der Waals surface area contributed by atoms with Crippen LogP contribution < -0.4 is 5.32 Å². The van der Waals surface area contributed by atoms with Crippen LogP contribution in [0.5, 0.6) is 0 Å². The summed E-state index contributed by atoms with van der Waals surface area (Å²) in [5.74, 6) is 0.827. The van der Waals surface area contributed by atoms with Crippen LogP contribution in [0.1, 0.15) is 52.0 Å². The van der Waals surface area contributed by atoms with Crippen LogP contribution >= 0.6 is 0 Å². The summed E-state index contributed by atoms with van der Waals surface area (Å²) in [7, 11) is 0. The minimum atomic E-state index is 0.557. The summed E-state index contributed by atoms with van der Waals surface area (Å²) in [5.41, 5.74) is 1.92. The van der Waals surface area contributed by atoms with Crippen LogP contribution in [0.4, 0.5) is 0 Å². The zero-order valence-electron chi connectivity index (χ0n) is 12.7. The van der Waals surface area contributed by atoms with Crippen molar-refractivity contribution in [1.29, 1.82) is 0 Å². The summed E-state index contributed by atoms with van der Waals surface area (Å²) in [6.45, 7) is 8.09. The Kier molecular flexibility index (Phi) is 4.98. The molecule has 0 aliphatic heterocycles. The van der Waals surface area contributed by atoms with Gasteiger partial charge in [0.15, 0.2) is 0 Å². The fourth-order valence-corrected chi connectivity index (χ4v) is 3.26. The predicted octanol–water partition coefficient (Wildman–Crippen LogP) is 3.82. The van der Waals surface area contributed by atoms with Gasteiger partial charge in [0.1, 0.15) is 0 Å². The molecule has 1 aromatic heterocycles. The smallest absolute Gasteiger partial charge is 0.0300 e. The average molecular weight is 260 g/mol. The van der Waals surface area contributed by atoms with Crippen LogP contribution in [-0.4, -0.2) is 17.6 Å². The molecular weight excluding hydrogens is 232 g/mol. The molecule has 0 radical (unpaired) electrons. The highest BCUT2D eigenvalue weighted by Crippen LogP contribution is 2.39. The van der Waals surface area contributed by atoms with E-state index >= 15 is 0 Å². The van der Waals surface area contributed by atoms with Gasteiger partial charge in [-0.25, -0.2) is 0 Å². The summed E-state index contributed by atoms with van der Waals surface area (Å²) in [6, 6.07) is 4.86. The van der Waals surface area contributed by atoms with Gasteiger partial charge in [0, 0.05) is 18.4 Å². The molecule has 1 atom stereocenters. The fourth-order valence-electron chi connectivity index (χ4n) is 3.26. The quantitative estimate of drug-likeness (QED) is 0.870. The molecule has 2 rings (SSSR count). The number of nitrogens with one attached hydrogen (secondary N) is 1. The fraction of sp³-hybridized carbons (Fsp3) is 0.706. The Bertz CT molecular complexity index is 362. The average Bonchev–Trinajstić information content (AvgIpc) is 2.39. The molecular formula is C17H28N2. The van der Waals surface area contributed by atoms with E-state index in [1.807, 2.05) is 18.5 Å². The molecule has 1 heterocycles. The van der Waals surface area contributed by atoms with Crippen molar-refractivity contribution in [2.45, 2.75) is 58.9 Å². The van der Waals surface area contributed by atoms with E-state index in [0.29, 0.717) is 11.5 Å². The number of nitrogens with zero attached hydrogens (tertiary/aromatic N) is 1. The summed E-state index contributed by atoms with van der Waals surface area (Å²) < 4.78 is 0. The third-order valence-corrected chi connectivity index (χ3v) is 4.60. The molecule has 0 amide bonds. The predicted molar refractivity (Wildman–Crippen MR) is 81.1 cm³/mol. The Labute approximate surface area is 118 Å². The number of hydrogen-bond acceptors (Lipinski definition) is 2. The Balaban J connectivity index is 1.96. The summed E-state index contributed by atoms with van der Waals surface area (Å²) in [4.78, 5) is 4.24. The minimum Gasteiger partial charge on any atom is -0.314 e. The van der Waals surface area contributed by atoms with Gasteiger partial charge in [-0.3, -0.25) is 4.98 Å². The SMILES string of the molecule is CCNC(Cc1cccnc1)C1CCC(C)(C)CC1. The van der Waals surface area contributed by atoms with Gasteiger partial charge in [-0.15, -0.1) is 0 Å². The van der Waals surface area contributed by atoms with E-state index in [1.54, 1.807) is 0 Å². The highest BCUT2D eigenvalue weighted by Gasteiger charge is 2.30. The molecule has 1 N–H and O–H groups in total. The first-order valence-electron chi connectivity index (χ1n) is 7.73. The Morgan fingerprint density at radius 2 is 2.11 bits per heavy atom. The largest absolute Gasteiger partial charge is 0.314 e. The highest BCUT2D eigenvalue weighted by atomic mass is 14.9. The number of aromatic nitrogens is 1. The van der Waals surface area contributed by atoms with Gasteiger partial charge in [0.25, 0.3) is 0 Å². The molecule has 1 saturated carbocycles. The number of pyridine rings is 1. The maximum Gasteiger partial charge on any atom is 0.0300 e. The van der Waals surface area contributed by atoms with Crippen LogP contribution in [0.3, 0.4) is 0 Å². The highest BCUT2D eigenvalue weighted by molar-refractivity contribution is 5.10. The lowest BCUT2D eigenvalue weighted by molar-refractivity contribution is 0.161. The second-order valence-corrected chi connectivity index (χ2v) is 6.73. The molecule has 0 saturated heterocycles. The minimum absolute atomic E-state index is 0.557. The van der Waals surface area contributed by atoms with Crippen molar-refractivity contribution in [3.05, 3.63) is 30.1 Å². The van der Waals surface area contributed by atoms with Crippen molar-refractivity contribution in [2.75, 3.05) is 6.54 Å². The summed E-state index contributed by atoms with van der Waals surface area (Å²) >= 11 is 0. The molecule has 1 aliphatic carbocycles. The zero-order chi connectivity index (χ0) is 13.7. The third-order valence-electron chi connectivity index (χ3n) is 4.60. The molecule has 0 bridgehead atoms. The second kappa shape index (κ2) is 6.51. The van der Waals surface area contributed by atoms with Crippen LogP contribution in [0.25, 0.3) is 0 Å². The Hall–Kier alpha value is -0.890. The molecule has 1 fully saturated rings. The molecule has 0 aromatic carbocycles. The lowest BCUT2D eigenvalue weighted by atomic mass is 9.70. The molecule has 19 heavy (non-hydrogen) atoms. The maximum atomic E-state index is 4.24. The van der Waals surface area contributed by atoms with Crippen LogP contribution in [-0.2, 0) is 6.42 Å². The monoisotopic (exact) mass is 260 g/mol. The number of likely N-dealkylation sites (N-methyl/N-ethyl adjacent to an activating group) is 1. The molecule has 1 aliphatic rings. The van der Waals surface area contributed by atoms with Gasteiger partial charge in [-0.2, -0.15) is 0 Å². The van der Waals surface area contributed by atoms with E-state index < -0.39 is 0 Å². The van der Waals surface area contributed by atoms with Crippen molar-refractivity contribution < 1.29 is 0 Å². The van der Waals surface area contributed by atoms with Crippen LogP contribution in [0.2, 0.25) is 0 Å². The topological polar surface area (TPSA) is 24.9 Å². The van der Waals surface area contributed by atoms with E-state index in [4.69, 9.17) is 0 Å². The summed E-state index contributed by atoms with van der Waals surface area (Å²) in [5, 5.41) is 3.70. The molecule has 2 heteroatoms. The van der Waals surface area contributed by atoms with Gasteiger partial charge >= 0.3 is 0 Å². The van der Waals surface area contributed by atoms with E-state index in [9.17, 15) is 0 Å². The van der Waals surface area contributed by atoms with E-state index in [0.717, 1.165) is 18.9 Å². The molecule has 0 spiro atoms. The first-order chi connectivity index (χ1) is 9.11. The molecule has 106 valence electrons. The number of hydrogen-bond donors (Lipinski definition) is 1. The third kappa shape index (κ3) is 4.31. The van der Waals surface area contributed by atoms with Crippen LogP contribution in [0, 0.1) is 11.3 Å². The maximum absolute atomic E-state index is 4.24. The Morgan fingerprint density at radius 3 is 2.68 bits per heavy atom. The molecule has 1 unspecified atom stereocenters. The Morgan fingerprint density at radius 1 is 1.37 bits per heavy atom. The van der Waals surface area contributed by atoms with E-state index in [1.165, 1.54) is 31.2 Å². The zero-order valence-corrected chi connectivity index (χ0v) is 12.7. The van der Waals surface area contributed by atoms with E-state index in [2.05, 4.69) is 37.1 Å². The standard InChI is InChI=1S/C17H28N2/c1-4-19-16(12-14-6-5-11-18-13-14)15-7-9-17(2,3)10-8-15/h5-6,11,13,15-16,19H,4,7-10,12H2,1-3H3. The van der Waals surface area contributed by atoms with Gasteiger partial charge < -0.3 is 5.32 Å². The second-order valence-electron chi connectivity index (χ2n) is 6.73. The van der Waals surface area contributed by atoms with Gasteiger partial charge in [-0.05, 0) is 61.6 Å². The van der Waals surface area contributed by atoms with Gasteiger partial charge in [0.2, 0.25) is 0 Å². The van der Waals surface area contributed by atoms with Crippen molar-refractivity contribution in [1.82, 2.24) is 10.3 Å². The lowest BCUT2D eigenvalue weighted by Crippen LogP contribution is -2.40. The van der Waals surface area contributed by atoms with Crippen molar-refractivity contribution in [3.63, 3.8) is 0 Å². The van der Waals surface area contributed by atoms with Gasteiger partial charge in [-0.1, -0.05) is 26.8 Å². The number of rotatable bonds is 5. The van der Waals surface area contributed by atoms with Crippen molar-refractivity contribution in [2.24, 2.45) is 11.3 Å². The van der Waals surface area contributed by atoms with E-state index in [-0.39, 0.29) is 0 Å². The van der Waals surface area contributed by atoms with Crippen molar-refractivity contribution in [3.8, 4) is 0 Å². The first-order valence-corrected chi connectivity index (χ1v) is 7.73. The molecule has 2 nitrogen and oxygen atoms in total. The first kappa shape index (κ1) is 14.5. The van der Waals surface area contributed by atoms with Crippen molar-refractivity contribution >= 4 is 0 Å². The lowest BCUT2D eigenvalue weighted by Gasteiger charge is -2.38. The summed E-state index contributed by atoms with van der Waals surface area (Å²) in [6.07, 6.45) is 10.5.